The van der Waals surface area contributed by atoms with Gasteiger partial charge < -0.3 is 14.2 Å². The molecule has 0 bridgehead atoms. The molecule has 0 radical (unpaired) electrons. The monoisotopic (exact) mass is 392 g/mol. The van der Waals surface area contributed by atoms with E-state index >= 15 is 0 Å². The highest BCUT2D eigenvalue weighted by Crippen LogP contribution is 2.28. The number of aromatic nitrogens is 1. The number of ether oxygens (including phenoxy) is 1. The molecule has 0 unspecified atom stereocenters. The van der Waals surface area contributed by atoms with Crippen molar-refractivity contribution in [3.05, 3.63) is 58.8 Å². The molecule has 6 heteroatoms. The number of carbonyl (C=O) groups is 2. The van der Waals surface area contributed by atoms with Crippen LogP contribution in [0.5, 0.6) is 0 Å². The Morgan fingerprint density at radius 1 is 1.03 bits per heavy atom. The minimum Gasteiger partial charge on any atom is -0.466 e. The first-order valence-electron chi connectivity index (χ1n) is 10.1. The molecule has 1 aliphatic carbocycles. The molecule has 150 valence electrons. The Balaban J connectivity index is 1.68. The van der Waals surface area contributed by atoms with Gasteiger partial charge in [-0.15, -0.1) is 0 Å². The Hall–Kier alpha value is -3.15. The molecule has 1 aliphatic rings. The Kier molecular flexibility index (Phi) is 5.34. The van der Waals surface area contributed by atoms with Crippen LogP contribution in [0.15, 0.2) is 53.3 Å². The van der Waals surface area contributed by atoms with Crippen molar-refractivity contribution in [1.29, 1.82) is 0 Å². The van der Waals surface area contributed by atoms with Gasteiger partial charge in [0, 0.05) is 23.4 Å². The highest BCUT2D eigenvalue weighted by Gasteiger charge is 2.33. The third-order valence-corrected chi connectivity index (χ3v) is 5.34. The predicted octanol–water partition coefficient (Wildman–Crippen LogP) is 3.10. The summed E-state index contributed by atoms with van der Waals surface area (Å²) in [4.78, 5) is 39.6. The molecular weight excluding hydrogens is 368 g/mol. The zero-order valence-electron chi connectivity index (χ0n) is 16.5. The molecule has 0 aliphatic heterocycles. The van der Waals surface area contributed by atoms with E-state index in [0.29, 0.717) is 23.9 Å². The second-order valence-corrected chi connectivity index (χ2v) is 7.32. The molecule has 2 aromatic carbocycles. The topological polar surface area (TPSA) is 68.6 Å². The zero-order chi connectivity index (χ0) is 20.4. The Bertz CT molecular complexity index is 1070. The molecule has 1 heterocycles. The quantitative estimate of drug-likeness (QED) is 0.458. The molecule has 4 rings (SSSR count). The van der Waals surface area contributed by atoms with Gasteiger partial charge in [-0.2, -0.15) is 0 Å². The molecule has 29 heavy (non-hydrogen) atoms. The van der Waals surface area contributed by atoms with Crippen LogP contribution in [0.25, 0.3) is 21.8 Å². The molecule has 1 saturated carbocycles. The van der Waals surface area contributed by atoms with Crippen molar-refractivity contribution >= 4 is 33.7 Å². The number of esters is 1. The Morgan fingerprint density at radius 2 is 1.62 bits per heavy atom. The normalized spacial score (nSPS) is 13.6. The van der Waals surface area contributed by atoms with Crippen LogP contribution in [-0.2, 0) is 20.9 Å². The van der Waals surface area contributed by atoms with Gasteiger partial charge in [-0.25, -0.2) is 0 Å². The lowest BCUT2D eigenvalue weighted by Crippen LogP contribution is -2.37. The number of carbonyl (C=O) groups excluding carboxylic acids is 2. The first kappa shape index (κ1) is 19.2. The Morgan fingerprint density at radius 3 is 2.17 bits per heavy atom. The number of hydrogen-bond acceptors (Lipinski definition) is 4. The summed E-state index contributed by atoms with van der Waals surface area (Å²) in [6, 6.07) is 14.9. The largest absolute Gasteiger partial charge is 0.466 e. The second kappa shape index (κ2) is 8.07. The van der Waals surface area contributed by atoms with Crippen LogP contribution in [0.4, 0.5) is 0 Å². The predicted molar refractivity (Wildman–Crippen MR) is 112 cm³/mol. The van der Waals surface area contributed by atoms with E-state index < -0.39 is 0 Å². The minimum absolute atomic E-state index is 0.0266. The summed E-state index contributed by atoms with van der Waals surface area (Å²) in [5, 5.41) is 1.20. The third-order valence-electron chi connectivity index (χ3n) is 5.34. The van der Waals surface area contributed by atoms with Gasteiger partial charge >= 0.3 is 5.97 Å². The van der Waals surface area contributed by atoms with Gasteiger partial charge in [0.05, 0.1) is 24.1 Å². The molecule has 6 nitrogen and oxygen atoms in total. The van der Waals surface area contributed by atoms with Gasteiger partial charge in [0.1, 0.15) is 6.54 Å². The fourth-order valence-corrected chi connectivity index (χ4v) is 3.82. The van der Waals surface area contributed by atoms with Crippen LogP contribution < -0.4 is 5.43 Å². The number of pyridine rings is 1. The number of nitrogens with zero attached hydrogens (tertiary/aromatic N) is 2. The average molecular weight is 392 g/mol. The highest BCUT2D eigenvalue weighted by atomic mass is 16.5. The molecule has 1 aromatic heterocycles. The fraction of sp³-hybridized carbons (Fsp3) is 0.348. The fourth-order valence-electron chi connectivity index (χ4n) is 3.82. The van der Waals surface area contributed by atoms with Crippen LogP contribution >= 0.6 is 0 Å². The molecular formula is C23H24N2O4. The van der Waals surface area contributed by atoms with Crippen molar-refractivity contribution in [1.82, 2.24) is 9.47 Å². The zero-order valence-corrected chi connectivity index (χ0v) is 16.5. The van der Waals surface area contributed by atoms with E-state index in [2.05, 4.69) is 0 Å². The smallest absolute Gasteiger partial charge is 0.307 e. The van der Waals surface area contributed by atoms with Crippen molar-refractivity contribution in [2.45, 2.75) is 38.8 Å². The van der Waals surface area contributed by atoms with Crippen molar-refractivity contribution in [2.75, 3.05) is 13.2 Å². The van der Waals surface area contributed by atoms with E-state index in [9.17, 15) is 14.4 Å². The van der Waals surface area contributed by atoms with Crippen molar-refractivity contribution in [3.63, 3.8) is 0 Å². The van der Waals surface area contributed by atoms with Gasteiger partial charge in [0.2, 0.25) is 5.91 Å². The number of fused-ring (bicyclic) bond motifs is 2. The number of amides is 1. The van der Waals surface area contributed by atoms with E-state index in [1.165, 1.54) is 0 Å². The molecule has 1 fully saturated rings. The van der Waals surface area contributed by atoms with Crippen molar-refractivity contribution < 1.29 is 14.3 Å². The van der Waals surface area contributed by atoms with Crippen LogP contribution in [0.2, 0.25) is 0 Å². The number of para-hydroxylation sites is 2. The van der Waals surface area contributed by atoms with Gasteiger partial charge in [-0.3, -0.25) is 14.4 Å². The molecule has 1 amide bonds. The summed E-state index contributed by atoms with van der Waals surface area (Å²) in [7, 11) is 0. The maximum atomic E-state index is 13.2. The van der Waals surface area contributed by atoms with Gasteiger partial charge in [0.15, 0.2) is 5.43 Å². The average Bonchev–Trinajstić information content (AvgIpc) is 3.57. The molecule has 0 saturated heterocycles. The van der Waals surface area contributed by atoms with Crippen LogP contribution in [-0.4, -0.2) is 40.5 Å². The summed E-state index contributed by atoms with van der Waals surface area (Å²) in [6.07, 6.45) is 2.11. The first-order chi connectivity index (χ1) is 14.1. The molecule has 3 aromatic rings. The summed E-state index contributed by atoms with van der Waals surface area (Å²) < 4.78 is 6.91. The van der Waals surface area contributed by atoms with Crippen LogP contribution in [0.1, 0.15) is 26.2 Å². The van der Waals surface area contributed by atoms with Crippen LogP contribution in [0.3, 0.4) is 0 Å². The maximum absolute atomic E-state index is 13.2. The van der Waals surface area contributed by atoms with E-state index in [4.69, 9.17) is 4.74 Å². The Labute approximate surface area is 168 Å². The van der Waals surface area contributed by atoms with Gasteiger partial charge in [-0.05, 0) is 44.0 Å². The summed E-state index contributed by atoms with van der Waals surface area (Å²) >= 11 is 0. The van der Waals surface area contributed by atoms with E-state index in [-0.39, 0.29) is 36.3 Å². The summed E-state index contributed by atoms with van der Waals surface area (Å²) in [5.74, 6) is -0.332. The lowest BCUT2D eigenvalue weighted by atomic mass is 10.1. The lowest BCUT2D eigenvalue weighted by Gasteiger charge is -2.24. The van der Waals surface area contributed by atoms with E-state index in [1.54, 1.807) is 24.0 Å². The SMILES string of the molecule is CCOC(=O)CCN(C(=O)Cn1c2ccccc2c(=O)c2ccccc21)C1CC1. The van der Waals surface area contributed by atoms with Crippen LogP contribution in [0, 0.1) is 0 Å². The van der Waals surface area contributed by atoms with Gasteiger partial charge in [-0.1, -0.05) is 24.3 Å². The van der Waals surface area contributed by atoms with Crippen molar-refractivity contribution in [3.8, 4) is 0 Å². The lowest BCUT2D eigenvalue weighted by molar-refractivity contribution is -0.144. The molecule has 0 atom stereocenters. The number of benzene rings is 2. The van der Waals surface area contributed by atoms with E-state index in [0.717, 1.165) is 23.9 Å². The third kappa shape index (κ3) is 3.88. The first-order valence-corrected chi connectivity index (χ1v) is 10.1. The van der Waals surface area contributed by atoms with Crippen molar-refractivity contribution in [2.24, 2.45) is 0 Å². The van der Waals surface area contributed by atoms with E-state index in [1.807, 2.05) is 41.0 Å². The number of hydrogen-bond donors (Lipinski definition) is 0. The summed E-state index contributed by atoms with van der Waals surface area (Å²) in [6.45, 7) is 2.60. The summed E-state index contributed by atoms with van der Waals surface area (Å²) in [5.41, 5.74) is 1.46. The standard InChI is InChI=1S/C23H24N2O4/c1-2-29-22(27)13-14-24(16-11-12-16)21(26)15-25-19-9-5-3-7-17(19)23(28)18-8-4-6-10-20(18)25/h3-10,16H,2,11-15H2,1H3. The number of rotatable bonds is 7. The minimum atomic E-state index is -0.287. The van der Waals surface area contributed by atoms with Gasteiger partial charge in [0.25, 0.3) is 0 Å². The second-order valence-electron chi connectivity index (χ2n) is 7.32. The maximum Gasteiger partial charge on any atom is 0.307 e. The molecule has 0 N–H and O–H groups in total. The highest BCUT2D eigenvalue weighted by molar-refractivity contribution is 5.95. The molecule has 0 spiro atoms.